The van der Waals surface area contributed by atoms with Gasteiger partial charge in [-0.25, -0.2) is 0 Å². The van der Waals surface area contributed by atoms with E-state index in [0.29, 0.717) is 24.1 Å². The van der Waals surface area contributed by atoms with Gasteiger partial charge in [0.2, 0.25) is 0 Å². The molecular weight excluding hydrogens is 268 g/mol. The van der Waals surface area contributed by atoms with Crippen LogP contribution in [0.15, 0.2) is 30.5 Å². The number of aromatic nitrogens is 2. The minimum atomic E-state index is -0.598. The summed E-state index contributed by atoms with van der Waals surface area (Å²) in [5, 5.41) is 14.2. The molecule has 0 radical (unpaired) electrons. The summed E-state index contributed by atoms with van der Waals surface area (Å²) < 4.78 is 12.9. The summed E-state index contributed by atoms with van der Waals surface area (Å²) in [5.74, 6) is 1.31. The Morgan fingerprint density at radius 2 is 2.00 bits per heavy atom. The second-order valence-corrected chi connectivity index (χ2v) is 5.25. The van der Waals surface area contributed by atoms with Gasteiger partial charge in [0.25, 0.3) is 0 Å². The van der Waals surface area contributed by atoms with Crippen molar-refractivity contribution in [3.05, 3.63) is 41.7 Å². The van der Waals surface area contributed by atoms with E-state index in [2.05, 4.69) is 18.9 Å². The third-order valence-electron chi connectivity index (χ3n) is 3.24. The molecule has 1 aromatic carbocycles. The zero-order chi connectivity index (χ0) is 15.4. The molecule has 2 aromatic rings. The number of nitrogens with zero attached hydrogens (tertiary/aromatic N) is 2. The molecule has 0 fully saturated rings. The van der Waals surface area contributed by atoms with Crippen LogP contribution in [-0.2, 0) is 6.61 Å². The van der Waals surface area contributed by atoms with Crippen LogP contribution in [0, 0.1) is 0 Å². The molecule has 0 saturated carbocycles. The first kappa shape index (κ1) is 15.4. The van der Waals surface area contributed by atoms with Gasteiger partial charge in [-0.3, -0.25) is 4.68 Å². The van der Waals surface area contributed by atoms with Gasteiger partial charge in [-0.05, 0) is 39.0 Å². The Labute approximate surface area is 125 Å². The molecule has 0 saturated heterocycles. The zero-order valence-corrected chi connectivity index (χ0v) is 12.9. The molecule has 2 rings (SSSR count). The SMILES string of the molecule is COc1ccc([C@H](C)O)c(OCc2ccn(C(C)C)n2)c1. The molecule has 0 amide bonds. The van der Waals surface area contributed by atoms with E-state index < -0.39 is 6.10 Å². The zero-order valence-electron chi connectivity index (χ0n) is 12.9. The smallest absolute Gasteiger partial charge is 0.132 e. The van der Waals surface area contributed by atoms with Gasteiger partial charge in [0.15, 0.2) is 0 Å². The highest BCUT2D eigenvalue weighted by Gasteiger charge is 2.11. The van der Waals surface area contributed by atoms with Crippen molar-refractivity contribution in [3.8, 4) is 11.5 Å². The van der Waals surface area contributed by atoms with Gasteiger partial charge in [0.1, 0.15) is 18.1 Å². The molecule has 0 spiro atoms. The highest BCUT2D eigenvalue weighted by Crippen LogP contribution is 2.30. The van der Waals surface area contributed by atoms with Crippen LogP contribution in [0.3, 0.4) is 0 Å². The van der Waals surface area contributed by atoms with Crippen molar-refractivity contribution in [1.29, 1.82) is 0 Å². The van der Waals surface area contributed by atoms with Gasteiger partial charge < -0.3 is 14.6 Å². The quantitative estimate of drug-likeness (QED) is 0.888. The van der Waals surface area contributed by atoms with E-state index in [0.717, 1.165) is 11.3 Å². The van der Waals surface area contributed by atoms with Crippen molar-refractivity contribution >= 4 is 0 Å². The van der Waals surface area contributed by atoms with Gasteiger partial charge in [-0.1, -0.05) is 0 Å². The highest BCUT2D eigenvalue weighted by atomic mass is 16.5. The Bertz CT molecular complexity index is 591. The number of hydrogen-bond acceptors (Lipinski definition) is 4. The van der Waals surface area contributed by atoms with Gasteiger partial charge >= 0.3 is 0 Å². The molecule has 0 unspecified atom stereocenters. The van der Waals surface area contributed by atoms with E-state index in [-0.39, 0.29) is 0 Å². The third kappa shape index (κ3) is 3.76. The van der Waals surface area contributed by atoms with Gasteiger partial charge in [0, 0.05) is 23.9 Å². The van der Waals surface area contributed by atoms with Crippen LogP contribution >= 0.6 is 0 Å². The molecule has 21 heavy (non-hydrogen) atoms. The molecule has 0 bridgehead atoms. The highest BCUT2D eigenvalue weighted by molar-refractivity contribution is 5.41. The molecule has 5 nitrogen and oxygen atoms in total. The Morgan fingerprint density at radius 1 is 1.24 bits per heavy atom. The number of methoxy groups -OCH3 is 1. The minimum Gasteiger partial charge on any atom is -0.497 e. The maximum Gasteiger partial charge on any atom is 0.132 e. The number of ether oxygens (including phenoxy) is 2. The number of hydrogen-bond donors (Lipinski definition) is 1. The second kappa shape index (κ2) is 6.63. The van der Waals surface area contributed by atoms with Gasteiger partial charge in [-0.2, -0.15) is 5.10 Å². The molecule has 1 heterocycles. The fourth-order valence-corrected chi connectivity index (χ4v) is 2.01. The fourth-order valence-electron chi connectivity index (χ4n) is 2.01. The Hall–Kier alpha value is -2.01. The van der Waals surface area contributed by atoms with Crippen LogP contribution in [0.25, 0.3) is 0 Å². The summed E-state index contributed by atoms with van der Waals surface area (Å²) in [6.45, 7) is 6.21. The minimum absolute atomic E-state index is 0.323. The van der Waals surface area contributed by atoms with Gasteiger partial charge in [0.05, 0.1) is 18.9 Å². The van der Waals surface area contributed by atoms with E-state index in [9.17, 15) is 5.11 Å². The normalized spacial score (nSPS) is 12.5. The van der Waals surface area contributed by atoms with Crippen LogP contribution < -0.4 is 9.47 Å². The summed E-state index contributed by atoms with van der Waals surface area (Å²) in [5.41, 5.74) is 1.59. The first-order valence-electron chi connectivity index (χ1n) is 7.04. The molecule has 0 aliphatic rings. The number of rotatable bonds is 6. The first-order chi connectivity index (χ1) is 10.0. The number of benzene rings is 1. The first-order valence-corrected chi connectivity index (χ1v) is 7.04. The summed E-state index contributed by atoms with van der Waals surface area (Å²) in [6.07, 6.45) is 1.34. The van der Waals surface area contributed by atoms with E-state index >= 15 is 0 Å². The van der Waals surface area contributed by atoms with Crippen molar-refractivity contribution in [1.82, 2.24) is 9.78 Å². The van der Waals surface area contributed by atoms with E-state index in [1.165, 1.54) is 0 Å². The van der Waals surface area contributed by atoms with Crippen molar-refractivity contribution in [3.63, 3.8) is 0 Å². The van der Waals surface area contributed by atoms with Crippen molar-refractivity contribution in [2.24, 2.45) is 0 Å². The Balaban J connectivity index is 2.14. The molecule has 5 heteroatoms. The van der Waals surface area contributed by atoms with Crippen LogP contribution in [0.4, 0.5) is 0 Å². The average molecular weight is 290 g/mol. The average Bonchev–Trinajstić information content (AvgIpc) is 2.93. The maximum absolute atomic E-state index is 9.80. The van der Waals surface area contributed by atoms with Crippen LogP contribution in [0.5, 0.6) is 11.5 Å². The molecule has 1 atom stereocenters. The molecule has 1 N–H and O–H groups in total. The van der Waals surface area contributed by atoms with Crippen molar-refractivity contribution < 1.29 is 14.6 Å². The Kier molecular flexibility index (Phi) is 4.85. The topological polar surface area (TPSA) is 56.5 Å². The second-order valence-electron chi connectivity index (χ2n) is 5.25. The molecule has 114 valence electrons. The molecule has 0 aliphatic heterocycles. The van der Waals surface area contributed by atoms with E-state index in [4.69, 9.17) is 9.47 Å². The van der Waals surface area contributed by atoms with Crippen LogP contribution in [-0.4, -0.2) is 22.0 Å². The fraction of sp³-hybridized carbons (Fsp3) is 0.438. The van der Waals surface area contributed by atoms with Crippen LogP contribution in [0.1, 0.15) is 44.2 Å². The summed E-state index contributed by atoms with van der Waals surface area (Å²) in [6, 6.07) is 7.65. The van der Waals surface area contributed by atoms with Crippen molar-refractivity contribution in [2.75, 3.05) is 7.11 Å². The Morgan fingerprint density at radius 3 is 2.57 bits per heavy atom. The van der Waals surface area contributed by atoms with E-state index in [1.54, 1.807) is 20.1 Å². The number of aliphatic hydroxyl groups is 1. The lowest BCUT2D eigenvalue weighted by Crippen LogP contribution is -2.05. The summed E-state index contributed by atoms with van der Waals surface area (Å²) in [7, 11) is 1.60. The summed E-state index contributed by atoms with van der Waals surface area (Å²) in [4.78, 5) is 0. The lowest BCUT2D eigenvalue weighted by Gasteiger charge is -2.14. The molecule has 0 aliphatic carbocycles. The number of aliphatic hydroxyl groups excluding tert-OH is 1. The standard InChI is InChI=1S/C16H22N2O3/c1-11(2)18-8-7-13(17-18)10-21-16-9-14(20-4)5-6-15(16)12(3)19/h5-9,11-12,19H,10H2,1-4H3/t12-/m0/s1. The lowest BCUT2D eigenvalue weighted by molar-refractivity contribution is 0.189. The predicted octanol–water partition coefficient (Wildman–Crippen LogP) is 3.10. The maximum atomic E-state index is 9.80. The van der Waals surface area contributed by atoms with Crippen molar-refractivity contribution in [2.45, 2.75) is 39.5 Å². The predicted molar refractivity (Wildman–Crippen MR) is 80.6 cm³/mol. The largest absolute Gasteiger partial charge is 0.497 e. The van der Waals surface area contributed by atoms with Gasteiger partial charge in [-0.15, -0.1) is 0 Å². The van der Waals surface area contributed by atoms with E-state index in [1.807, 2.05) is 29.1 Å². The molecular formula is C16H22N2O3. The lowest BCUT2D eigenvalue weighted by atomic mass is 10.1. The molecule has 1 aromatic heterocycles. The third-order valence-corrected chi connectivity index (χ3v) is 3.24. The van der Waals surface area contributed by atoms with Crippen LogP contribution in [0.2, 0.25) is 0 Å². The summed E-state index contributed by atoms with van der Waals surface area (Å²) >= 11 is 0. The monoisotopic (exact) mass is 290 g/mol.